The molecule has 0 aliphatic rings. The van der Waals surface area contributed by atoms with Gasteiger partial charge in [-0.05, 0) is 22.8 Å². The molecule has 23 heavy (non-hydrogen) atoms. The number of hydrazine groups is 1. The van der Waals surface area contributed by atoms with Crippen molar-refractivity contribution in [1.82, 2.24) is 10.9 Å². The molecule has 0 saturated heterocycles. The predicted octanol–water partition coefficient (Wildman–Crippen LogP) is 3.50. The molecular weight excluding hydrogens is 288 g/mol. The summed E-state index contributed by atoms with van der Waals surface area (Å²) in [6.45, 7) is 2.13. The largest absolute Gasteiger partial charge is 0.273 e. The van der Waals surface area contributed by atoms with Crippen molar-refractivity contribution in [2.75, 3.05) is 0 Å². The molecular formula is C19H24N2O2. The number of hydrogen-bond donors (Lipinski definition) is 2. The molecule has 0 saturated carbocycles. The molecule has 0 spiro atoms. The first-order valence-electron chi connectivity index (χ1n) is 8.25. The fraction of sp³-hybridized carbons (Fsp3) is 0.368. The van der Waals surface area contributed by atoms with Gasteiger partial charge in [0.1, 0.15) is 0 Å². The molecule has 0 aromatic heterocycles. The first-order valence-corrected chi connectivity index (χ1v) is 8.25. The van der Waals surface area contributed by atoms with Gasteiger partial charge in [-0.3, -0.25) is 20.4 Å². The van der Waals surface area contributed by atoms with Crippen molar-refractivity contribution < 1.29 is 9.59 Å². The van der Waals surface area contributed by atoms with Crippen LogP contribution < -0.4 is 10.9 Å². The zero-order valence-electron chi connectivity index (χ0n) is 13.6. The second kappa shape index (κ2) is 8.93. The minimum Gasteiger partial charge on any atom is -0.273 e. The van der Waals surface area contributed by atoms with Crippen LogP contribution in [0, 0.1) is 0 Å². The van der Waals surface area contributed by atoms with Crippen molar-refractivity contribution in [2.45, 2.75) is 45.4 Å². The molecule has 2 amide bonds. The summed E-state index contributed by atoms with van der Waals surface area (Å²) in [7, 11) is 0. The highest BCUT2D eigenvalue weighted by atomic mass is 16.2. The lowest BCUT2D eigenvalue weighted by Gasteiger charge is -2.09. The number of rotatable bonds is 7. The van der Waals surface area contributed by atoms with E-state index in [9.17, 15) is 9.59 Å². The minimum absolute atomic E-state index is 0.132. The van der Waals surface area contributed by atoms with Crippen LogP contribution in [0.5, 0.6) is 0 Å². The molecule has 0 aliphatic heterocycles. The Hall–Kier alpha value is -2.36. The highest BCUT2D eigenvalue weighted by Crippen LogP contribution is 2.18. The lowest BCUT2D eigenvalue weighted by molar-refractivity contribution is -0.128. The second-order valence-corrected chi connectivity index (χ2v) is 5.72. The SMILES string of the molecule is CCCCCCC(=O)NNC(=O)Cc1cccc2ccccc12. The highest BCUT2D eigenvalue weighted by molar-refractivity contribution is 5.90. The van der Waals surface area contributed by atoms with Gasteiger partial charge in [0.2, 0.25) is 11.8 Å². The highest BCUT2D eigenvalue weighted by Gasteiger charge is 2.08. The van der Waals surface area contributed by atoms with E-state index in [1.807, 2.05) is 42.5 Å². The number of carbonyl (C=O) groups is 2. The van der Waals surface area contributed by atoms with Gasteiger partial charge in [0.15, 0.2) is 0 Å². The van der Waals surface area contributed by atoms with Crippen molar-refractivity contribution in [3.8, 4) is 0 Å². The molecule has 0 aliphatic carbocycles. The van der Waals surface area contributed by atoms with E-state index in [0.717, 1.165) is 42.0 Å². The van der Waals surface area contributed by atoms with Crippen LogP contribution in [0.3, 0.4) is 0 Å². The van der Waals surface area contributed by atoms with Gasteiger partial charge in [0.05, 0.1) is 6.42 Å². The maximum absolute atomic E-state index is 12.0. The van der Waals surface area contributed by atoms with Gasteiger partial charge in [-0.2, -0.15) is 0 Å². The zero-order valence-corrected chi connectivity index (χ0v) is 13.6. The van der Waals surface area contributed by atoms with Crippen LogP contribution in [-0.2, 0) is 16.0 Å². The maximum Gasteiger partial charge on any atom is 0.242 e. The van der Waals surface area contributed by atoms with Crippen LogP contribution in [0.1, 0.15) is 44.6 Å². The van der Waals surface area contributed by atoms with Crippen LogP contribution in [0.25, 0.3) is 10.8 Å². The Morgan fingerprint density at radius 2 is 1.61 bits per heavy atom. The van der Waals surface area contributed by atoms with Gasteiger partial charge in [0.25, 0.3) is 0 Å². The fourth-order valence-electron chi connectivity index (χ4n) is 2.58. The van der Waals surface area contributed by atoms with E-state index < -0.39 is 0 Å². The summed E-state index contributed by atoms with van der Waals surface area (Å²) in [6.07, 6.45) is 4.89. The zero-order chi connectivity index (χ0) is 16.5. The molecule has 4 nitrogen and oxygen atoms in total. The normalized spacial score (nSPS) is 10.5. The average molecular weight is 312 g/mol. The number of carbonyl (C=O) groups excluding carboxylic acids is 2. The van der Waals surface area contributed by atoms with Gasteiger partial charge >= 0.3 is 0 Å². The molecule has 2 rings (SSSR count). The van der Waals surface area contributed by atoms with Crippen LogP contribution >= 0.6 is 0 Å². The predicted molar refractivity (Wildman–Crippen MR) is 92.7 cm³/mol. The second-order valence-electron chi connectivity index (χ2n) is 5.72. The number of fused-ring (bicyclic) bond motifs is 1. The van der Waals surface area contributed by atoms with E-state index in [1.165, 1.54) is 0 Å². The summed E-state index contributed by atoms with van der Waals surface area (Å²) in [5.74, 6) is -0.337. The third kappa shape index (κ3) is 5.40. The van der Waals surface area contributed by atoms with Crippen LogP contribution in [-0.4, -0.2) is 11.8 Å². The lowest BCUT2D eigenvalue weighted by atomic mass is 10.0. The Balaban J connectivity index is 1.81. The smallest absolute Gasteiger partial charge is 0.242 e. The first-order chi connectivity index (χ1) is 11.2. The van der Waals surface area contributed by atoms with E-state index in [2.05, 4.69) is 17.8 Å². The topological polar surface area (TPSA) is 58.2 Å². The van der Waals surface area contributed by atoms with Gasteiger partial charge in [-0.25, -0.2) is 0 Å². The molecule has 0 fully saturated rings. The molecule has 0 bridgehead atoms. The Labute approximate surface area is 137 Å². The molecule has 2 aromatic carbocycles. The van der Waals surface area contributed by atoms with E-state index >= 15 is 0 Å². The van der Waals surface area contributed by atoms with E-state index in [-0.39, 0.29) is 18.2 Å². The number of benzene rings is 2. The van der Waals surface area contributed by atoms with Gasteiger partial charge < -0.3 is 0 Å². The molecule has 0 heterocycles. The summed E-state index contributed by atoms with van der Waals surface area (Å²) < 4.78 is 0. The van der Waals surface area contributed by atoms with Crippen LogP contribution in [0.2, 0.25) is 0 Å². The van der Waals surface area contributed by atoms with Crippen molar-refractivity contribution >= 4 is 22.6 Å². The van der Waals surface area contributed by atoms with Crippen molar-refractivity contribution in [2.24, 2.45) is 0 Å². The maximum atomic E-state index is 12.0. The van der Waals surface area contributed by atoms with Crippen molar-refractivity contribution in [1.29, 1.82) is 0 Å². The standard InChI is InChI=1S/C19H24N2O2/c1-2-3-4-5-13-18(22)20-21-19(23)14-16-11-8-10-15-9-6-7-12-17(15)16/h6-12H,2-5,13-14H2,1H3,(H,20,22)(H,21,23). The van der Waals surface area contributed by atoms with Crippen molar-refractivity contribution in [3.05, 3.63) is 48.0 Å². The monoisotopic (exact) mass is 312 g/mol. The minimum atomic E-state index is -0.205. The molecule has 122 valence electrons. The molecule has 2 N–H and O–H groups in total. The van der Waals surface area contributed by atoms with Gasteiger partial charge in [-0.1, -0.05) is 68.7 Å². The van der Waals surface area contributed by atoms with Crippen LogP contribution in [0.4, 0.5) is 0 Å². The van der Waals surface area contributed by atoms with Gasteiger partial charge in [0, 0.05) is 6.42 Å². The Morgan fingerprint density at radius 1 is 0.870 bits per heavy atom. The summed E-state index contributed by atoms with van der Waals surface area (Å²) in [4.78, 5) is 23.7. The molecule has 0 unspecified atom stereocenters. The van der Waals surface area contributed by atoms with Crippen molar-refractivity contribution in [3.63, 3.8) is 0 Å². The molecule has 0 atom stereocenters. The number of hydrogen-bond acceptors (Lipinski definition) is 2. The lowest BCUT2D eigenvalue weighted by Crippen LogP contribution is -2.42. The third-order valence-corrected chi connectivity index (χ3v) is 3.83. The van der Waals surface area contributed by atoms with E-state index in [4.69, 9.17) is 0 Å². The number of nitrogens with one attached hydrogen (secondary N) is 2. The molecule has 2 aromatic rings. The quantitative estimate of drug-likeness (QED) is 0.607. The number of amides is 2. The average Bonchev–Trinajstić information content (AvgIpc) is 2.57. The summed E-state index contributed by atoms with van der Waals surface area (Å²) >= 11 is 0. The summed E-state index contributed by atoms with van der Waals surface area (Å²) in [6, 6.07) is 13.9. The first kappa shape index (κ1) is 17.0. The summed E-state index contributed by atoms with van der Waals surface area (Å²) in [5.41, 5.74) is 5.94. The Morgan fingerprint density at radius 3 is 2.43 bits per heavy atom. The Kier molecular flexibility index (Phi) is 6.60. The van der Waals surface area contributed by atoms with E-state index in [0.29, 0.717) is 6.42 Å². The third-order valence-electron chi connectivity index (χ3n) is 3.83. The molecule has 0 radical (unpaired) electrons. The Bertz CT molecular complexity index is 662. The van der Waals surface area contributed by atoms with Gasteiger partial charge in [-0.15, -0.1) is 0 Å². The van der Waals surface area contributed by atoms with Crippen LogP contribution in [0.15, 0.2) is 42.5 Å². The number of unbranched alkanes of at least 4 members (excludes halogenated alkanes) is 3. The molecule has 4 heteroatoms. The summed E-state index contributed by atoms with van der Waals surface area (Å²) in [5, 5.41) is 2.17. The fourth-order valence-corrected chi connectivity index (χ4v) is 2.58. The van der Waals surface area contributed by atoms with E-state index in [1.54, 1.807) is 0 Å².